The number of fused-ring (bicyclic) bond motifs is 1. The second-order valence-electron chi connectivity index (χ2n) is 6.75. The fourth-order valence-electron chi connectivity index (χ4n) is 2.99. The van der Waals surface area contributed by atoms with E-state index in [1.54, 1.807) is 13.2 Å². The number of benzene rings is 2. The lowest BCUT2D eigenvalue weighted by Crippen LogP contribution is -2.42. The molecule has 1 aliphatic rings. The van der Waals surface area contributed by atoms with Crippen LogP contribution in [0.3, 0.4) is 0 Å². The van der Waals surface area contributed by atoms with Crippen molar-refractivity contribution in [2.24, 2.45) is 0 Å². The van der Waals surface area contributed by atoms with Crippen molar-refractivity contribution < 1.29 is 13.9 Å². The molecule has 26 heavy (non-hydrogen) atoms. The molecule has 2 aromatic rings. The van der Waals surface area contributed by atoms with Crippen LogP contribution in [0.4, 0.5) is 10.1 Å². The van der Waals surface area contributed by atoms with Gasteiger partial charge in [0.25, 0.3) is 0 Å². The fraction of sp³-hybridized carbons (Fsp3) is 0.316. The molecule has 4 nitrogen and oxygen atoms in total. The molecule has 0 bridgehead atoms. The van der Waals surface area contributed by atoms with Gasteiger partial charge in [-0.15, -0.1) is 0 Å². The summed E-state index contributed by atoms with van der Waals surface area (Å²) in [6.45, 7) is 4.06. The van der Waals surface area contributed by atoms with Crippen molar-refractivity contribution in [1.82, 2.24) is 5.32 Å². The summed E-state index contributed by atoms with van der Waals surface area (Å²) in [7, 11) is 1.62. The number of ether oxygens (including phenoxy) is 2. The summed E-state index contributed by atoms with van der Waals surface area (Å²) in [6.07, 6.45) is 0.734. The maximum atomic E-state index is 13.3. The van der Waals surface area contributed by atoms with Crippen LogP contribution in [-0.4, -0.2) is 17.8 Å². The largest absolute Gasteiger partial charge is 0.497 e. The van der Waals surface area contributed by atoms with E-state index >= 15 is 0 Å². The Morgan fingerprint density at radius 3 is 2.77 bits per heavy atom. The lowest BCUT2D eigenvalue weighted by atomic mass is 9.89. The Labute approximate surface area is 162 Å². The summed E-state index contributed by atoms with van der Waals surface area (Å²) in [4.78, 5) is 0. The van der Waals surface area contributed by atoms with Crippen LogP contribution in [-0.2, 0) is 0 Å². The van der Waals surface area contributed by atoms with Gasteiger partial charge in [-0.2, -0.15) is 0 Å². The molecule has 7 heteroatoms. The Kier molecular flexibility index (Phi) is 5.25. The van der Waals surface area contributed by atoms with Gasteiger partial charge in [-0.3, -0.25) is 0 Å². The van der Waals surface area contributed by atoms with E-state index in [9.17, 15) is 4.39 Å². The third-order valence-electron chi connectivity index (χ3n) is 4.16. The molecule has 2 N–H and O–H groups in total. The van der Waals surface area contributed by atoms with Crippen LogP contribution in [0.5, 0.6) is 11.5 Å². The Morgan fingerprint density at radius 1 is 1.31 bits per heavy atom. The first-order valence-corrected chi connectivity index (χ1v) is 8.95. The molecule has 1 aliphatic heterocycles. The van der Waals surface area contributed by atoms with E-state index in [-0.39, 0.29) is 16.7 Å². The van der Waals surface area contributed by atoms with E-state index in [4.69, 9.17) is 33.3 Å². The highest BCUT2D eigenvalue weighted by atomic mass is 35.5. The van der Waals surface area contributed by atoms with Crippen LogP contribution in [0.15, 0.2) is 36.4 Å². The van der Waals surface area contributed by atoms with Crippen molar-refractivity contribution >= 4 is 34.6 Å². The molecule has 2 aromatic carbocycles. The number of thiocarbonyl (C=S) groups is 1. The van der Waals surface area contributed by atoms with Crippen LogP contribution >= 0.6 is 23.8 Å². The molecule has 0 radical (unpaired) electrons. The van der Waals surface area contributed by atoms with Crippen LogP contribution in [0.1, 0.15) is 31.9 Å². The normalized spacial score (nSPS) is 17.7. The predicted octanol–water partition coefficient (Wildman–Crippen LogP) is 5.08. The van der Waals surface area contributed by atoms with Crippen molar-refractivity contribution in [3.05, 3.63) is 52.8 Å². The van der Waals surface area contributed by atoms with Gasteiger partial charge in [0, 0.05) is 23.7 Å². The summed E-state index contributed by atoms with van der Waals surface area (Å²) < 4.78 is 24.7. The van der Waals surface area contributed by atoms with E-state index in [0.29, 0.717) is 10.8 Å². The summed E-state index contributed by atoms with van der Waals surface area (Å²) in [6, 6.07) is 10.1. The standard InChI is InChI=1S/C19H20ClFN2O2S/c1-19(2)10-16(13-6-5-12(24-3)9-17(13)25-19)23-18(26)22-11-4-7-15(21)14(20)8-11/h4-9,16H,10H2,1-3H3,(H2,22,23,26)/t16-/m1/s1. The van der Waals surface area contributed by atoms with E-state index in [1.807, 2.05) is 32.0 Å². The van der Waals surface area contributed by atoms with Gasteiger partial charge in [-0.25, -0.2) is 4.39 Å². The fourth-order valence-corrected chi connectivity index (χ4v) is 3.43. The monoisotopic (exact) mass is 394 g/mol. The first kappa shape index (κ1) is 18.7. The number of halogens is 2. The molecule has 0 saturated heterocycles. The second-order valence-corrected chi connectivity index (χ2v) is 7.57. The predicted molar refractivity (Wildman–Crippen MR) is 106 cm³/mol. The average Bonchev–Trinajstić information content (AvgIpc) is 2.56. The quantitative estimate of drug-likeness (QED) is 0.711. The van der Waals surface area contributed by atoms with Gasteiger partial charge in [0.15, 0.2) is 5.11 Å². The molecule has 138 valence electrons. The number of methoxy groups -OCH3 is 1. The molecule has 0 spiro atoms. The zero-order valence-corrected chi connectivity index (χ0v) is 16.3. The first-order chi connectivity index (χ1) is 12.3. The molecule has 0 aliphatic carbocycles. The van der Waals surface area contributed by atoms with Gasteiger partial charge >= 0.3 is 0 Å². The number of nitrogens with one attached hydrogen (secondary N) is 2. The highest BCUT2D eigenvalue weighted by Gasteiger charge is 2.34. The maximum Gasteiger partial charge on any atom is 0.171 e. The average molecular weight is 395 g/mol. The van der Waals surface area contributed by atoms with E-state index in [2.05, 4.69) is 10.6 Å². The Balaban J connectivity index is 1.78. The van der Waals surface area contributed by atoms with Crippen LogP contribution in [0.2, 0.25) is 5.02 Å². The topological polar surface area (TPSA) is 42.5 Å². The second kappa shape index (κ2) is 7.29. The lowest BCUT2D eigenvalue weighted by molar-refractivity contribution is 0.0693. The van der Waals surface area contributed by atoms with Crippen LogP contribution in [0.25, 0.3) is 0 Å². The molecule has 0 unspecified atom stereocenters. The number of hydrogen-bond donors (Lipinski definition) is 2. The first-order valence-electron chi connectivity index (χ1n) is 8.17. The number of anilines is 1. The highest BCUT2D eigenvalue weighted by molar-refractivity contribution is 7.80. The smallest absolute Gasteiger partial charge is 0.171 e. The number of hydrogen-bond acceptors (Lipinski definition) is 3. The minimum Gasteiger partial charge on any atom is -0.497 e. The minimum absolute atomic E-state index is 0.0319. The van der Waals surface area contributed by atoms with Gasteiger partial charge in [-0.1, -0.05) is 11.6 Å². The van der Waals surface area contributed by atoms with Crippen LogP contribution in [0, 0.1) is 5.82 Å². The lowest BCUT2D eigenvalue weighted by Gasteiger charge is -2.38. The van der Waals surface area contributed by atoms with E-state index in [1.165, 1.54) is 12.1 Å². The Bertz CT molecular complexity index is 844. The molecule has 1 atom stereocenters. The van der Waals surface area contributed by atoms with Crippen molar-refractivity contribution in [2.75, 3.05) is 12.4 Å². The molecule has 1 heterocycles. The Hall–Kier alpha value is -2.05. The zero-order valence-electron chi connectivity index (χ0n) is 14.7. The molecular weight excluding hydrogens is 375 g/mol. The van der Waals surface area contributed by atoms with Crippen molar-refractivity contribution in [1.29, 1.82) is 0 Å². The van der Waals surface area contributed by atoms with Gasteiger partial charge < -0.3 is 20.1 Å². The van der Waals surface area contributed by atoms with Crippen molar-refractivity contribution in [2.45, 2.75) is 31.9 Å². The van der Waals surface area contributed by atoms with Gasteiger partial charge in [-0.05, 0) is 56.4 Å². The summed E-state index contributed by atoms with van der Waals surface area (Å²) in [5.41, 5.74) is 1.27. The van der Waals surface area contributed by atoms with Crippen molar-refractivity contribution in [3.63, 3.8) is 0 Å². The maximum absolute atomic E-state index is 13.3. The van der Waals surface area contributed by atoms with Gasteiger partial charge in [0.1, 0.15) is 22.9 Å². The van der Waals surface area contributed by atoms with Gasteiger partial charge in [0.2, 0.25) is 0 Å². The Morgan fingerprint density at radius 2 is 2.08 bits per heavy atom. The molecule has 0 amide bonds. The summed E-state index contributed by atoms with van der Waals surface area (Å²) in [5, 5.41) is 6.83. The number of rotatable bonds is 3. The highest BCUT2D eigenvalue weighted by Crippen LogP contribution is 2.41. The van der Waals surface area contributed by atoms with Crippen LogP contribution < -0.4 is 20.1 Å². The van der Waals surface area contributed by atoms with E-state index in [0.717, 1.165) is 23.5 Å². The third-order valence-corrected chi connectivity index (χ3v) is 4.67. The zero-order chi connectivity index (χ0) is 18.9. The van der Waals surface area contributed by atoms with Crippen molar-refractivity contribution in [3.8, 4) is 11.5 Å². The molecule has 3 rings (SSSR count). The summed E-state index contributed by atoms with van der Waals surface area (Å²) >= 11 is 11.2. The SMILES string of the molecule is COc1ccc2c(c1)OC(C)(C)C[C@H]2NC(=S)Nc1ccc(F)c(Cl)c1. The molecule has 0 fully saturated rings. The minimum atomic E-state index is -0.467. The molecule has 0 aromatic heterocycles. The third kappa shape index (κ3) is 4.19. The molecule has 0 saturated carbocycles. The molecular formula is C19H20ClFN2O2S. The summed E-state index contributed by atoms with van der Waals surface area (Å²) in [5.74, 6) is 1.04. The van der Waals surface area contributed by atoms with E-state index < -0.39 is 5.82 Å². The van der Waals surface area contributed by atoms with Gasteiger partial charge in [0.05, 0.1) is 18.2 Å².